The molecular formula is C27H35N3O4. The predicted molar refractivity (Wildman–Crippen MR) is 131 cm³/mol. The van der Waals surface area contributed by atoms with Gasteiger partial charge in [-0.3, -0.25) is 9.59 Å². The van der Waals surface area contributed by atoms with E-state index in [1.807, 2.05) is 50.2 Å². The Kier molecular flexibility index (Phi) is 11.2. The van der Waals surface area contributed by atoms with Crippen LogP contribution in [0.2, 0.25) is 0 Å². The SMILES string of the molecule is CCCN(CCC)C(=O)c1cccc(C(=O)NCC(Cc2ccccc2)C(O)C(O)CC#N)c1. The molecule has 0 saturated heterocycles. The number of benzene rings is 2. The van der Waals surface area contributed by atoms with Crippen molar-refractivity contribution in [1.82, 2.24) is 10.2 Å². The molecule has 34 heavy (non-hydrogen) atoms. The lowest BCUT2D eigenvalue weighted by Crippen LogP contribution is -2.41. The summed E-state index contributed by atoms with van der Waals surface area (Å²) >= 11 is 0. The molecule has 3 N–H and O–H groups in total. The number of rotatable bonds is 13. The average Bonchev–Trinajstić information content (AvgIpc) is 2.86. The normalized spacial score (nSPS) is 13.4. The van der Waals surface area contributed by atoms with Gasteiger partial charge in [-0.2, -0.15) is 5.26 Å². The van der Waals surface area contributed by atoms with E-state index in [0.717, 1.165) is 18.4 Å². The van der Waals surface area contributed by atoms with Crippen LogP contribution in [0.15, 0.2) is 54.6 Å². The highest BCUT2D eigenvalue weighted by Crippen LogP contribution is 2.17. The maximum absolute atomic E-state index is 12.9. The standard InChI is InChI=1S/C27H35N3O4/c1-3-15-30(16-4-2)27(34)22-12-8-11-21(18-22)26(33)29-19-23(25(32)24(31)13-14-28)17-20-9-6-5-7-10-20/h5-12,18,23-25,31-32H,3-4,13,15-17,19H2,1-2H3,(H,29,33). The van der Waals surface area contributed by atoms with E-state index in [1.54, 1.807) is 29.2 Å². The van der Waals surface area contributed by atoms with Crippen LogP contribution < -0.4 is 5.32 Å². The third-order valence-electron chi connectivity index (χ3n) is 5.69. The van der Waals surface area contributed by atoms with Crippen molar-refractivity contribution < 1.29 is 19.8 Å². The summed E-state index contributed by atoms with van der Waals surface area (Å²) in [4.78, 5) is 27.6. The van der Waals surface area contributed by atoms with Crippen LogP contribution in [0, 0.1) is 17.2 Å². The Balaban J connectivity index is 2.13. The zero-order valence-corrected chi connectivity index (χ0v) is 20.0. The Labute approximate surface area is 202 Å². The van der Waals surface area contributed by atoms with E-state index in [2.05, 4.69) is 5.32 Å². The number of hydrogen-bond acceptors (Lipinski definition) is 5. The maximum Gasteiger partial charge on any atom is 0.253 e. The van der Waals surface area contributed by atoms with E-state index in [0.29, 0.717) is 30.6 Å². The molecule has 0 aliphatic carbocycles. The zero-order valence-electron chi connectivity index (χ0n) is 20.0. The molecule has 182 valence electrons. The molecule has 0 aliphatic heterocycles. The summed E-state index contributed by atoms with van der Waals surface area (Å²) in [5.41, 5.74) is 1.76. The van der Waals surface area contributed by atoms with Gasteiger partial charge in [-0.25, -0.2) is 0 Å². The van der Waals surface area contributed by atoms with Gasteiger partial charge >= 0.3 is 0 Å². The Bertz CT molecular complexity index is 952. The van der Waals surface area contributed by atoms with E-state index < -0.39 is 18.1 Å². The molecule has 7 heteroatoms. The van der Waals surface area contributed by atoms with Gasteiger partial charge in [0.1, 0.15) is 0 Å². The van der Waals surface area contributed by atoms with Crippen LogP contribution in [0.1, 0.15) is 59.4 Å². The highest BCUT2D eigenvalue weighted by molar-refractivity contribution is 5.99. The summed E-state index contributed by atoms with van der Waals surface area (Å²) in [7, 11) is 0. The lowest BCUT2D eigenvalue weighted by atomic mass is 9.90. The van der Waals surface area contributed by atoms with Gasteiger partial charge in [0.05, 0.1) is 24.7 Å². The molecule has 0 bridgehead atoms. The first-order valence-electron chi connectivity index (χ1n) is 11.9. The van der Waals surface area contributed by atoms with Crippen LogP contribution in [-0.2, 0) is 6.42 Å². The Morgan fingerprint density at radius 1 is 1.00 bits per heavy atom. The van der Waals surface area contributed by atoms with Crippen molar-refractivity contribution in [3.63, 3.8) is 0 Å². The molecule has 0 spiro atoms. The number of nitrogens with one attached hydrogen (secondary N) is 1. The third-order valence-corrected chi connectivity index (χ3v) is 5.69. The number of amides is 2. The lowest BCUT2D eigenvalue weighted by molar-refractivity contribution is -0.0139. The van der Waals surface area contributed by atoms with Crippen molar-refractivity contribution in [1.29, 1.82) is 5.26 Å². The van der Waals surface area contributed by atoms with Crippen molar-refractivity contribution in [2.75, 3.05) is 19.6 Å². The summed E-state index contributed by atoms with van der Waals surface area (Å²) in [6, 6.07) is 18.0. The molecule has 2 aromatic carbocycles. The van der Waals surface area contributed by atoms with Gasteiger partial charge in [-0.15, -0.1) is 0 Å². The monoisotopic (exact) mass is 465 g/mol. The fourth-order valence-corrected chi connectivity index (χ4v) is 3.92. The summed E-state index contributed by atoms with van der Waals surface area (Å²) in [6.45, 7) is 5.47. The number of carbonyl (C=O) groups excluding carboxylic acids is 2. The second-order valence-corrected chi connectivity index (χ2v) is 8.45. The molecule has 2 rings (SSSR count). The van der Waals surface area contributed by atoms with Crippen LogP contribution in [0.5, 0.6) is 0 Å². The first-order valence-corrected chi connectivity index (χ1v) is 11.9. The Morgan fingerprint density at radius 3 is 2.26 bits per heavy atom. The summed E-state index contributed by atoms with van der Waals surface area (Å²) in [5.74, 6) is -0.966. The smallest absolute Gasteiger partial charge is 0.253 e. The van der Waals surface area contributed by atoms with Gasteiger partial charge in [0.2, 0.25) is 0 Å². The minimum absolute atomic E-state index is 0.102. The largest absolute Gasteiger partial charge is 0.390 e. The van der Waals surface area contributed by atoms with Crippen LogP contribution in [0.25, 0.3) is 0 Å². The number of aliphatic hydroxyl groups excluding tert-OH is 2. The van der Waals surface area contributed by atoms with E-state index in [4.69, 9.17) is 5.26 Å². The summed E-state index contributed by atoms with van der Waals surface area (Å²) in [6.07, 6.45) is -0.448. The number of nitriles is 1. The van der Waals surface area contributed by atoms with Gasteiger partial charge in [0, 0.05) is 36.7 Å². The zero-order chi connectivity index (χ0) is 24.9. The average molecular weight is 466 g/mol. The molecular weight excluding hydrogens is 430 g/mol. The van der Waals surface area contributed by atoms with Gasteiger partial charge in [-0.05, 0) is 43.0 Å². The van der Waals surface area contributed by atoms with Crippen molar-refractivity contribution in [3.05, 3.63) is 71.3 Å². The van der Waals surface area contributed by atoms with E-state index >= 15 is 0 Å². The number of nitrogens with zero attached hydrogens (tertiary/aromatic N) is 2. The molecule has 0 aromatic heterocycles. The molecule has 7 nitrogen and oxygen atoms in total. The lowest BCUT2D eigenvalue weighted by Gasteiger charge is -2.26. The number of hydrogen-bond donors (Lipinski definition) is 3. The quantitative estimate of drug-likeness (QED) is 0.420. The summed E-state index contributed by atoms with van der Waals surface area (Å²) < 4.78 is 0. The van der Waals surface area contributed by atoms with Crippen LogP contribution >= 0.6 is 0 Å². The molecule has 2 aromatic rings. The highest BCUT2D eigenvalue weighted by Gasteiger charge is 2.27. The molecule has 0 saturated carbocycles. The second-order valence-electron chi connectivity index (χ2n) is 8.45. The summed E-state index contributed by atoms with van der Waals surface area (Å²) in [5, 5.41) is 32.5. The molecule has 3 atom stereocenters. The molecule has 3 unspecified atom stereocenters. The Morgan fingerprint density at radius 2 is 1.65 bits per heavy atom. The van der Waals surface area contributed by atoms with E-state index in [1.165, 1.54) is 0 Å². The van der Waals surface area contributed by atoms with Gasteiger partial charge in [0.25, 0.3) is 11.8 Å². The maximum atomic E-state index is 12.9. The second kappa shape index (κ2) is 14.1. The minimum Gasteiger partial charge on any atom is -0.390 e. The number of carbonyl (C=O) groups is 2. The van der Waals surface area contributed by atoms with Gasteiger partial charge < -0.3 is 20.4 Å². The third kappa shape index (κ3) is 7.98. The van der Waals surface area contributed by atoms with E-state index in [-0.39, 0.29) is 24.8 Å². The molecule has 2 amide bonds. The minimum atomic E-state index is -1.21. The Hall–Kier alpha value is -3.21. The number of aliphatic hydroxyl groups is 2. The van der Waals surface area contributed by atoms with Crippen LogP contribution in [0.4, 0.5) is 0 Å². The highest BCUT2D eigenvalue weighted by atomic mass is 16.3. The van der Waals surface area contributed by atoms with Crippen molar-refractivity contribution in [2.24, 2.45) is 5.92 Å². The first-order chi connectivity index (χ1) is 16.4. The molecule has 0 radical (unpaired) electrons. The van der Waals surface area contributed by atoms with Gasteiger partial charge in [0.15, 0.2) is 0 Å². The topological polar surface area (TPSA) is 114 Å². The predicted octanol–water partition coefficient (Wildman–Crippen LogP) is 3.17. The van der Waals surface area contributed by atoms with Crippen molar-refractivity contribution in [2.45, 2.75) is 51.7 Å². The molecule has 0 fully saturated rings. The van der Waals surface area contributed by atoms with Crippen molar-refractivity contribution >= 4 is 11.8 Å². The van der Waals surface area contributed by atoms with Crippen LogP contribution in [0.3, 0.4) is 0 Å². The van der Waals surface area contributed by atoms with E-state index in [9.17, 15) is 19.8 Å². The van der Waals surface area contributed by atoms with Crippen molar-refractivity contribution in [3.8, 4) is 6.07 Å². The molecule has 0 heterocycles. The fraction of sp³-hybridized carbons (Fsp3) is 0.444. The molecule has 0 aliphatic rings. The fourth-order valence-electron chi connectivity index (χ4n) is 3.92. The van der Waals surface area contributed by atoms with Gasteiger partial charge in [-0.1, -0.05) is 50.2 Å². The first kappa shape index (κ1) is 27.0. The van der Waals surface area contributed by atoms with Crippen LogP contribution in [-0.4, -0.2) is 58.8 Å².